The molecule has 0 saturated carbocycles. The van der Waals surface area contributed by atoms with E-state index >= 15 is 0 Å². The largest absolute Gasteiger partial charge is 0.456 e. The summed E-state index contributed by atoms with van der Waals surface area (Å²) in [7, 11) is 0. The minimum absolute atomic E-state index is 0.273. The van der Waals surface area contributed by atoms with Crippen molar-refractivity contribution in [1.82, 2.24) is 0 Å². The Morgan fingerprint density at radius 2 is 1.95 bits per heavy atom. The molecule has 0 fully saturated rings. The third-order valence-electron chi connectivity index (χ3n) is 2.72. The number of carbonyl (C=O) groups is 1. The van der Waals surface area contributed by atoms with Gasteiger partial charge in [-0.2, -0.15) is 0 Å². The Kier molecular flexibility index (Phi) is 3.95. The highest BCUT2D eigenvalue weighted by Crippen LogP contribution is 2.23. The quantitative estimate of drug-likeness (QED) is 0.592. The fourth-order valence-corrected chi connectivity index (χ4v) is 2.28. The van der Waals surface area contributed by atoms with Gasteiger partial charge >= 0.3 is 5.97 Å². The van der Waals surface area contributed by atoms with Crippen LogP contribution in [0.3, 0.4) is 0 Å². The Labute approximate surface area is 121 Å². The number of hydrogen-bond donors (Lipinski definition) is 0. The van der Waals surface area contributed by atoms with Crippen LogP contribution in [0.15, 0.2) is 36.4 Å². The van der Waals surface area contributed by atoms with Gasteiger partial charge in [0.15, 0.2) is 0 Å². The van der Waals surface area contributed by atoms with E-state index in [2.05, 4.69) is 22.0 Å². The van der Waals surface area contributed by atoms with Gasteiger partial charge in [0.05, 0.1) is 5.56 Å². The Bertz CT molecular complexity index is 612. The lowest BCUT2D eigenvalue weighted by Crippen LogP contribution is -2.24. The molecule has 0 bridgehead atoms. The number of hydrogen-bond acceptors (Lipinski definition) is 2. The summed E-state index contributed by atoms with van der Waals surface area (Å²) in [4.78, 5) is 12.2. The lowest BCUT2D eigenvalue weighted by Gasteiger charge is -2.20. The third-order valence-corrected chi connectivity index (χ3v) is 3.37. The first-order chi connectivity index (χ1) is 8.90. The van der Waals surface area contributed by atoms with E-state index < -0.39 is 5.60 Å². The molecular weight excluding hydrogens is 304 g/mol. The van der Waals surface area contributed by atoms with Crippen molar-refractivity contribution in [1.29, 1.82) is 0 Å². The van der Waals surface area contributed by atoms with Gasteiger partial charge in [0.25, 0.3) is 0 Å². The Morgan fingerprint density at radius 1 is 1.21 bits per heavy atom. The summed E-state index contributed by atoms with van der Waals surface area (Å²) in [6, 6.07) is 11.8. The smallest absolute Gasteiger partial charge is 0.339 e. The summed E-state index contributed by atoms with van der Waals surface area (Å²) in [5, 5.41) is 2.79. The zero-order valence-electron chi connectivity index (χ0n) is 11.4. The van der Waals surface area contributed by atoms with E-state index in [1.165, 1.54) is 5.56 Å². The van der Waals surface area contributed by atoms with Crippen LogP contribution in [0.4, 0.5) is 0 Å². The summed E-state index contributed by atoms with van der Waals surface area (Å²) in [6.07, 6.45) is 0. The number of halogens is 1. The topological polar surface area (TPSA) is 26.3 Å². The van der Waals surface area contributed by atoms with Gasteiger partial charge in [-0.15, -0.1) is 0 Å². The van der Waals surface area contributed by atoms with E-state index in [4.69, 9.17) is 4.74 Å². The van der Waals surface area contributed by atoms with Crippen LogP contribution < -0.4 is 0 Å². The summed E-state index contributed by atoms with van der Waals surface area (Å²) in [5.74, 6) is -0.273. The van der Waals surface area contributed by atoms with Crippen LogP contribution in [0.25, 0.3) is 10.8 Å². The lowest BCUT2D eigenvalue weighted by molar-refractivity contribution is 0.00719. The standard InChI is InChI=1S/C16H17BrO2/c1-16(2,3)19-15(18)14-6-4-5-12-9-11(10-17)7-8-13(12)14/h4-9H,10H2,1-3H3. The van der Waals surface area contributed by atoms with Crippen LogP contribution >= 0.6 is 15.9 Å². The van der Waals surface area contributed by atoms with Crippen molar-refractivity contribution in [3.63, 3.8) is 0 Å². The Balaban J connectivity index is 2.47. The van der Waals surface area contributed by atoms with Gasteiger partial charge in [-0.05, 0) is 43.2 Å². The van der Waals surface area contributed by atoms with Gasteiger partial charge in [0.2, 0.25) is 0 Å². The van der Waals surface area contributed by atoms with Crippen LogP contribution in [0.2, 0.25) is 0 Å². The van der Waals surface area contributed by atoms with Crippen molar-refractivity contribution < 1.29 is 9.53 Å². The van der Waals surface area contributed by atoms with Crippen molar-refractivity contribution in [2.75, 3.05) is 0 Å². The maximum absolute atomic E-state index is 12.2. The average Bonchev–Trinajstić information content (AvgIpc) is 2.35. The Hall–Kier alpha value is -1.35. The SMILES string of the molecule is CC(C)(C)OC(=O)c1cccc2cc(CBr)ccc12. The number of fused-ring (bicyclic) bond motifs is 1. The maximum Gasteiger partial charge on any atom is 0.339 e. The molecule has 0 aliphatic rings. The van der Waals surface area contributed by atoms with Gasteiger partial charge in [-0.1, -0.05) is 46.3 Å². The Morgan fingerprint density at radius 3 is 2.58 bits per heavy atom. The molecule has 19 heavy (non-hydrogen) atoms. The molecule has 0 heterocycles. The summed E-state index contributed by atoms with van der Waals surface area (Å²) < 4.78 is 5.44. The van der Waals surface area contributed by atoms with E-state index in [0.717, 1.165) is 16.1 Å². The van der Waals surface area contributed by atoms with Crippen LogP contribution in [-0.2, 0) is 10.1 Å². The first kappa shape index (κ1) is 14.1. The molecule has 0 unspecified atom stereocenters. The molecule has 0 radical (unpaired) electrons. The molecule has 0 N–H and O–H groups in total. The van der Waals surface area contributed by atoms with E-state index in [0.29, 0.717) is 5.56 Å². The highest BCUT2D eigenvalue weighted by molar-refractivity contribution is 9.08. The fraction of sp³-hybridized carbons (Fsp3) is 0.312. The van der Waals surface area contributed by atoms with Crippen LogP contribution in [0.5, 0.6) is 0 Å². The van der Waals surface area contributed by atoms with Crippen molar-refractivity contribution in [3.05, 3.63) is 47.5 Å². The molecule has 0 amide bonds. The third kappa shape index (κ3) is 3.35. The average molecular weight is 321 g/mol. The molecule has 100 valence electrons. The summed E-state index contributed by atoms with van der Waals surface area (Å²) >= 11 is 3.44. The number of alkyl halides is 1. The molecular formula is C16H17BrO2. The van der Waals surface area contributed by atoms with E-state index in [9.17, 15) is 4.79 Å². The molecule has 0 atom stereocenters. The second-order valence-electron chi connectivity index (χ2n) is 5.50. The molecule has 0 aliphatic heterocycles. The number of benzene rings is 2. The molecule has 3 heteroatoms. The minimum atomic E-state index is -0.477. The molecule has 2 nitrogen and oxygen atoms in total. The van der Waals surface area contributed by atoms with Crippen LogP contribution in [0, 0.1) is 0 Å². The first-order valence-electron chi connectivity index (χ1n) is 6.22. The van der Waals surface area contributed by atoms with Crippen molar-refractivity contribution in [3.8, 4) is 0 Å². The zero-order chi connectivity index (χ0) is 14.0. The number of rotatable bonds is 2. The van der Waals surface area contributed by atoms with Gasteiger partial charge in [-0.25, -0.2) is 4.79 Å². The monoisotopic (exact) mass is 320 g/mol. The van der Waals surface area contributed by atoms with E-state index in [1.54, 1.807) is 0 Å². The van der Waals surface area contributed by atoms with Gasteiger partial charge in [0.1, 0.15) is 5.60 Å². The predicted octanol–water partition coefficient (Wildman–Crippen LogP) is 4.69. The number of ether oxygens (including phenoxy) is 1. The highest BCUT2D eigenvalue weighted by Gasteiger charge is 2.19. The van der Waals surface area contributed by atoms with E-state index in [-0.39, 0.29) is 5.97 Å². The first-order valence-corrected chi connectivity index (χ1v) is 7.34. The molecule has 2 rings (SSSR count). The normalized spacial score (nSPS) is 11.6. The van der Waals surface area contributed by atoms with Crippen LogP contribution in [0.1, 0.15) is 36.7 Å². The molecule has 0 aliphatic carbocycles. The minimum Gasteiger partial charge on any atom is -0.456 e. The molecule has 2 aromatic rings. The fourth-order valence-electron chi connectivity index (χ4n) is 1.93. The molecule has 0 spiro atoms. The molecule has 0 aromatic heterocycles. The molecule has 2 aromatic carbocycles. The van der Waals surface area contributed by atoms with Crippen molar-refractivity contribution in [2.45, 2.75) is 31.7 Å². The van der Waals surface area contributed by atoms with Crippen molar-refractivity contribution >= 4 is 32.7 Å². The highest BCUT2D eigenvalue weighted by atomic mass is 79.9. The number of esters is 1. The van der Waals surface area contributed by atoms with Gasteiger partial charge < -0.3 is 4.74 Å². The van der Waals surface area contributed by atoms with Gasteiger partial charge in [0, 0.05) is 5.33 Å². The zero-order valence-corrected chi connectivity index (χ0v) is 13.0. The van der Waals surface area contributed by atoms with E-state index in [1.807, 2.05) is 51.1 Å². The second kappa shape index (κ2) is 5.33. The molecule has 0 saturated heterocycles. The number of carbonyl (C=O) groups excluding carboxylic acids is 1. The lowest BCUT2D eigenvalue weighted by atomic mass is 10.0. The second-order valence-corrected chi connectivity index (χ2v) is 6.06. The predicted molar refractivity (Wildman–Crippen MR) is 81.7 cm³/mol. The van der Waals surface area contributed by atoms with Crippen molar-refractivity contribution in [2.24, 2.45) is 0 Å². The van der Waals surface area contributed by atoms with Gasteiger partial charge in [-0.3, -0.25) is 0 Å². The maximum atomic E-state index is 12.2. The summed E-state index contributed by atoms with van der Waals surface area (Å²) in [5.41, 5.74) is 1.33. The summed E-state index contributed by atoms with van der Waals surface area (Å²) in [6.45, 7) is 5.62. The van der Waals surface area contributed by atoms with Crippen LogP contribution in [-0.4, -0.2) is 11.6 Å².